The monoisotopic (exact) mass is 412 g/mol. The highest BCUT2D eigenvalue weighted by Crippen LogP contribution is 2.37. The lowest BCUT2D eigenvalue weighted by Gasteiger charge is -2.48. The zero-order valence-electron chi connectivity index (χ0n) is 17.6. The first-order valence-corrected chi connectivity index (χ1v) is 12.5. The molecule has 0 amide bonds. The van der Waals surface area contributed by atoms with E-state index in [1.54, 1.807) is 4.31 Å². The molecule has 2 aliphatic heterocycles. The van der Waals surface area contributed by atoms with Crippen LogP contribution >= 0.6 is 0 Å². The van der Waals surface area contributed by atoms with Crippen molar-refractivity contribution in [2.24, 2.45) is 0 Å². The summed E-state index contributed by atoms with van der Waals surface area (Å²) in [6, 6.07) is 17.2. The second-order valence-electron chi connectivity index (χ2n) is 8.88. The largest absolute Gasteiger partial charge is 0.598 e. The summed E-state index contributed by atoms with van der Waals surface area (Å²) in [5, 5.41) is 0. The van der Waals surface area contributed by atoms with Crippen molar-refractivity contribution >= 4 is 10.4 Å². The number of aryl methyl sites for hydroxylation is 1. The molecule has 2 aromatic rings. The molecule has 2 heterocycles. The Labute approximate surface area is 176 Å². The fourth-order valence-corrected chi connectivity index (χ4v) is 5.85. The Morgan fingerprint density at radius 3 is 2.52 bits per heavy atom. The van der Waals surface area contributed by atoms with Crippen LogP contribution in [-0.4, -0.2) is 45.2 Å². The highest BCUT2D eigenvalue weighted by molar-refractivity contribution is 7.94. The number of likely N-dealkylation sites (tertiary alicyclic amines) is 1. The standard InChI is InChI=1S/C24H32N2O2S/c1-20-9-11-21(12-10-20)13-16-25-15-6-5-14-24(25)17-22-7-3-4-8-23(22)18-26(19-24)29(2,27)28/h3-4,7-12H,5-6,13-19H2,1-2H3. The average Bonchev–Trinajstić information content (AvgIpc) is 2.85. The van der Waals surface area contributed by atoms with Gasteiger partial charge in [0.15, 0.2) is 0 Å². The summed E-state index contributed by atoms with van der Waals surface area (Å²) < 4.78 is 26.9. The first kappa shape index (κ1) is 20.7. The van der Waals surface area contributed by atoms with Crippen molar-refractivity contribution in [3.8, 4) is 0 Å². The molecule has 2 atom stereocenters. The highest BCUT2D eigenvalue weighted by atomic mass is 32.3. The highest BCUT2D eigenvalue weighted by Gasteiger charge is 2.45. The van der Waals surface area contributed by atoms with Gasteiger partial charge in [0.1, 0.15) is 16.7 Å². The predicted octanol–water partition coefficient (Wildman–Crippen LogP) is 4.00. The van der Waals surface area contributed by atoms with Gasteiger partial charge in [-0.2, -0.15) is 0 Å². The fourth-order valence-electron chi connectivity index (χ4n) is 5.00. The summed E-state index contributed by atoms with van der Waals surface area (Å²) in [7, 11) is -3.26. The molecule has 0 N–H and O–H groups in total. The zero-order chi connectivity index (χ0) is 20.5. The molecule has 29 heavy (non-hydrogen) atoms. The Kier molecular flexibility index (Phi) is 5.94. The van der Waals surface area contributed by atoms with Gasteiger partial charge in [0, 0.05) is 12.1 Å². The third kappa shape index (κ3) is 4.64. The second kappa shape index (κ2) is 8.31. The van der Waals surface area contributed by atoms with Gasteiger partial charge in [-0.3, -0.25) is 4.90 Å². The topological polar surface area (TPSA) is 46.6 Å². The van der Waals surface area contributed by atoms with E-state index < -0.39 is 10.4 Å². The smallest absolute Gasteiger partial charge is 0.122 e. The van der Waals surface area contributed by atoms with Gasteiger partial charge in [-0.1, -0.05) is 64.7 Å². The van der Waals surface area contributed by atoms with Gasteiger partial charge >= 0.3 is 0 Å². The van der Waals surface area contributed by atoms with E-state index in [4.69, 9.17) is 0 Å². The molecular weight excluding hydrogens is 380 g/mol. The molecule has 2 aliphatic rings. The van der Waals surface area contributed by atoms with Crippen molar-refractivity contribution < 1.29 is 8.76 Å². The van der Waals surface area contributed by atoms with Crippen molar-refractivity contribution in [2.45, 2.75) is 51.1 Å². The zero-order valence-corrected chi connectivity index (χ0v) is 18.4. The normalized spacial score (nSPS) is 25.3. The lowest BCUT2D eigenvalue weighted by atomic mass is 9.80. The molecule has 1 spiro atoms. The summed E-state index contributed by atoms with van der Waals surface area (Å²) in [5.41, 5.74) is 4.98. The second-order valence-corrected chi connectivity index (χ2v) is 10.9. The van der Waals surface area contributed by atoms with E-state index >= 15 is 0 Å². The molecule has 5 heteroatoms. The van der Waals surface area contributed by atoms with Gasteiger partial charge < -0.3 is 4.55 Å². The molecule has 2 aromatic carbocycles. The third-order valence-electron chi connectivity index (χ3n) is 6.71. The number of sulfonamides is 1. The van der Waals surface area contributed by atoms with Crippen LogP contribution in [0.1, 0.15) is 41.5 Å². The molecule has 0 radical (unpaired) electrons. The SMILES string of the molecule is Cc1ccc(CCN2CCCCC23Cc2ccccc2CN([S+](C)(=O)[O-])C3)cc1. The molecule has 1 fully saturated rings. The van der Waals surface area contributed by atoms with Gasteiger partial charge in [-0.15, -0.1) is 4.31 Å². The number of benzene rings is 2. The number of hydrogen-bond donors (Lipinski definition) is 0. The van der Waals surface area contributed by atoms with E-state index in [0.29, 0.717) is 13.1 Å². The molecule has 0 aliphatic carbocycles. The van der Waals surface area contributed by atoms with Gasteiger partial charge in [-0.25, -0.2) is 0 Å². The van der Waals surface area contributed by atoms with E-state index in [1.807, 2.05) is 6.07 Å². The summed E-state index contributed by atoms with van der Waals surface area (Å²) in [6.07, 6.45) is 6.71. The maximum atomic E-state index is 12.6. The number of rotatable bonds is 4. The molecule has 156 valence electrons. The minimum atomic E-state index is -3.26. The van der Waals surface area contributed by atoms with E-state index in [9.17, 15) is 8.76 Å². The summed E-state index contributed by atoms with van der Waals surface area (Å²) in [4.78, 5) is 2.59. The molecule has 4 rings (SSSR count). The van der Waals surface area contributed by atoms with Crippen LogP contribution in [0.4, 0.5) is 0 Å². The molecule has 2 unspecified atom stereocenters. The van der Waals surface area contributed by atoms with E-state index in [1.165, 1.54) is 35.8 Å². The van der Waals surface area contributed by atoms with Crippen LogP contribution in [0.15, 0.2) is 48.5 Å². The summed E-state index contributed by atoms with van der Waals surface area (Å²) in [6.45, 7) is 5.22. The fraction of sp³-hybridized carbons (Fsp3) is 0.500. The number of fused-ring (bicyclic) bond motifs is 1. The number of nitrogens with zero attached hydrogens (tertiary/aromatic N) is 2. The van der Waals surface area contributed by atoms with Crippen molar-refractivity contribution in [3.05, 3.63) is 70.8 Å². The van der Waals surface area contributed by atoms with Crippen molar-refractivity contribution in [1.29, 1.82) is 0 Å². The Balaban J connectivity index is 1.63. The Bertz CT molecular complexity index is 892. The number of piperidine rings is 1. The van der Waals surface area contributed by atoms with Crippen molar-refractivity contribution in [2.75, 3.05) is 25.9 Å². The Hall–Kier alpha value is -1.53. The molecular formula is C24H32N2O2S. The van der Waals surface area contributed by atoms with Crippen LogP contribution in [-0.2, 0) is 34.0 Å². The Morgan fingerprint density at radius 1 is 1.07 bits per heavy atom. The van der Waals surface area contributed by atoms with Crippen LogP contribution in [0.5, 0.6) is 0 Å². The van der Waals surface area contributed by atoms with E-state index in [-0.39, 0.29) is 5.54 Å². The lowest BCUT2D eigenvalue weighted by Crippen LogP contribution is -2.60. The van der Waals surface area contributed by atoms with E-state index in [2.05, 4.69) is 54.3 Å². The summed E-state index contributed by atoms with van der Waals surface area (Å²) in [5.74, 6) is 0. The molecule has 0 aromatic heterocycles. The lowest BCUT2D eigenvalue weighted by molar-refractivity contribution is 0.0327. The van der Waals surface area contributed by atoms with Gasteiger partial charge in [0.2, 0.25) is 0 Å². The summed E-state index contributed by atoms with van der Waals surface area (Å²) >= 11 is 0. The maximum absolute atomic E-state index is 12.6. The minimum absolute atomic E-state index is 0.112. The van der Waals surface area contributed by atoms with Gasteiger partial charge in [-0.05, 0) is 55.8 Å². The van der Waals surface area contributed by atoms with Gasteiger partial charge in [0.25, 0.3) is 0 Å². The maximum Gasteiger partial charge on any atom is 0.122 e. The third-order valence-corrected chi connectivity index (χ3v) is 7.90. The first-order chi connectivity index (χ1) is 13.9. The van der Waals surface area contributed by atoms with Crippen LogP contribution in [0.25, 0.3) is 0 Å². The van der Waals surface area contributed by atoms with Crippen molar-refractivity contribution in [1.82, 2.24) is 9.21 Å². The molecule has 1 saturated heterocycles. The quantitative estimate of drug-likeness (QED) is 0.713. The molecule has 0 bridgehead atoms. The molecule has 4 nitrogen and oxygen atoms in total. The molecule has 0 saturated carbocycles. The Morgan fingerprint density at radius 2 is 1.79 bits per heavy atom. The van der Waals surface area contributed by atoms with E-state index in [0.717, 1.165) is 37.9 Å². The van der Waals surface area contributed by atoms with Crippen LogP contribution in [0.2, 0.25) is 0 Å². The number of hydrogen-bond acceptors (Lipinski definition) is 3. The first-order valence-electron chi connectivity index (χ1n) is 10.7. The van der Waals surface area contributed by atoms with Crippen LogP contribution in [0.3, 0.4) is 0 Å². The van der Waals surface area contributed by atoms with Crippen LogP contribution in [0, 0.1) is 6.92 Å². The minimum Gasteiger partial charge on any atom is -0.598 e. The van der Waals surface area contributed by atoms with Gasteiger partial charge in [0.05, 0.1) is 13.1 Å². The average molecular weight is 413 g/mol. The van der Waals surface area contributed by atoms with Crippen molar-refractivity contribution in [3.63, 3.8) is 0 Å². The van der Waals surface area contributed by atoms with Crippen LogP contribution < -0.4 is 0 Å². The predicted molar refractivity (Wildman–Crippen MR) is 118 cm³/mol.